The van der Waals surface area contributed by atoms with Gasteiger partial charge in [0.2, 0.25) is 5.91 Å². The molecule has 0 saturated carbocycles. The molecule has 0 spiro atoms. The number of hydrogen-bond acceptors (Lipinski definition) is 5. The molecule has 0 aliphatic carbocycles. The lowest BCUT2D eigenvalue weighted by Crippen LogP contribution is -2.46. The average Bonchev–Trinajstić information content (AvgIpc) is 2.77. The van der Waals surface area contributed by atoms with E-state index in [0.717, 1.165) is 22.7 Å². The summed E-state index contributed by atoms with van der Waals surface area (Å²) in [4.78, 5) is 15.0. The summed E-state index contributed by atoms with van der Waals surface area (Å²) in [7, 11) is -1.05. The first-order valence-corrected chi connectivity index (χ1v) is 11.8. The summed E-state index contributed by atoms with van der Waals surface area (Å²) in [5.74, 6) is 0.980. The SMILES string of the molecule is COc1ccc(OC)c(N(CC(=O)N2CCC[C@@H](C)C2)S(=O)(=O)c2ccc(C)cc2)c1. The van der Waals surface area contributed by atoms with Gasteiger partial charge in [0.05, 0.1) is 24.8 Å². The Morgan fingerprint density at radius 1 is 1.13 bits per heavy atom. The Labute approximate surface area is 184 Å². The summed E-state index contributed by atoms with van der Waals surface area (Å²) in [5, 5.41) is 0. The highest BCUT2D eigenvalue weighted by Gasteiger charge is 2.32. The molecule has 3 rings (SSSR count). The van der Waals surface area contributed by atoms with Crippen molar-refractivity contribution in [3.05, 3.63) is 48.0 Å². The second kappa shape index (κ2) is 9.60. The molecule has 8 heteroatoms. The van der Waals surface area contributed by atoms with E-state index in [0.29, 0.717) is 30.5 Å². The topological polar surface area (TPSA) is 76.2 Å². The first kappa shape index (κ1) is 22.9. The van der Waals surface area contributed by atoms with Gasteiger partial charge in [-0.25, -0.2) is 8.42 Å². The number of rotatable bonds is 7. The molecule has 31 heavy (non-hydrogen) atoms. The predicted molar refractivity (Wildman–Crippen MR) is 120 cm³/mol. The van der Waals surface area contributed by atoms with Crippen molar-refractivity contribution in [1.82, 2.24) is 4.90 Å². The zero-order chi connectivity index (χ0) is 22.6. The number of amides is 1. The second-order valence-electron chi connectivity index (χ2n) is 7.95. The van der Waals surface area contributed by atoms with Crippen molar-refractivity contribution in [3.63, 3.8) is 0 Å². The zero-order valence-corrected chi connectivity index (χ0v) is 19.3. The third-order valence-electron chi connectivity index (χ3n) is 5.55. The molecular weight excluding hydrogens is 416 g/mol. The van der Waals surface area contributed by atoms with Crippen LogP contribution in [-0.2, 0) is 14.8 Å². The summed E-state index contributed by atoms with van der Waals surface area (Å²) >= 11 is 0. The number of anilines is 1. The molecule has 0 unspecified atom stereocenters. The van der Waals surface area contributed by atoms with Crippen LogP contribution in [0.5, 0.6) is 11.5 Å². The van der Waals surface area contributed by atoms with Gasteiger partial charge in [-0.3, -0.25) is 9.10 Å². The van der Waals surface area contributed by atoms with Crippen LogP contribution < -0.4 is 13.8 Å². The highest BCUT2D eigenvalue weighted by Crippen LogP contribution is 2.36. The van der Waals surface area contributed by atoms with Crippen LogP contribution in [0.2, 0.25) is 0 Å². The zero-order valence-electron chi connectivity index (χ0n) is 18.5. The van der Waals surface area contributed by atoms with Gasteiger partial charge in [-0.15, -0.1) is 0 Å². The second-order valence-corrected chi connectivity index (χ2v) is 9.81. The van der Waals surface area contributed by atoms with Crippen LogP contribution in [-0.4, -0.2) is 53.1 Å². The van der Waals surface area contributed by atoms with Gasteiger partial charge >= 0.3 is 0 Å². The van der Waals surface area contributed by atoms with Crippen LogP contribution in [0, 0.1) is 12.8 Å². The highest BCUT2D eigenvalue weighted by atomic mass is 32.2. The number of carbonyl (C=O) groups is 1. The highest BCUT2D eigenvalue weighted by molar-refractivity contribution is 7.92. The molecule has 1 amide bonds. The van der Waals surface area contributed by atoms with Gasteiger partial charge in [0.15, 0.2) is 0 Å². The normalized spacial score (nSPS) is 16.6. The van der Waals surface area contributed by atoms with Crippen molar-refractivity contribution in [2.45, 2.75) is 31.6 Å². The number of piperidine rings is 1. The maximum absolute atomic E-state index is 13.7. The van der Waals surface area contributed by atoms with Gasteiger partial charge in [0.25, 0.3) is 10.0 Å². The first-order valence-electron chi connectivity index (χ1n) is 10.4. The molecule has 0 N–H and O–H groups in total. The Bertz CT molecular complexity index is 1020. The predicted octanol–water partition coefficient (Wildman–Crippen LogP) is 3.47. The largest absolute Gasteiger partial charge is 0.497 e. The molecule has 1 atom stereocenters. The van der Waals surface area contributed by atoms with Gasteiger partial charge < -0.3 is 14.4 Å². The molecule has 168 valence electrons. The molecule has 2 aromatic carbocycles. The van der Waals surface area contributed by atoms with Crippen molar-refractivity contribution in [2.75, 3.05) is 38.2 Å². The standard InChI is InChI=1S/C23H30N2O5S/c1-17-7-10-20(11-8-17)31(27,28)25(16-23(26)24-13-5-6-18(2)15-24)21-14-19(29-3)9-12-22(21)30-4/h7-12,14,18H,5-6,13,15-16H2,1-4H3/t18-/m1/s1. The van der Waals surface area contributed by atoms with Crippen LogP contribution in [0.3, 0.4) is 0 Å². The fourth-order valence-corrected chi connectivity index (χ4v) is 5.18. The molecular formula is C23H30N2O5S. The van der Waals surface area contributed by atoms with E-state index in [2.05, 4.69) is 6.92 Å². The van der Waals surface area contributed by atoms with Crippen LogP contribution >= 0.6 is 0 Å². The smallest absolute Gasteiger partial charge is 0.264 e. The third-order valence-corrected chi connectivity index (χ3v) is 7.33. The van der Waals surface area contributed by atoms with E-state index in [-0.39, 0.29) is 23.0 Å². The van der Waals surface area contributed by atoms with Gasteiger partial charge in [0.1, 0.15) is 18.0 Å². The van der Waals surface area contributed by atoms with Gasteiger partial charge in [-0.1, -0.05) is 24.6 Å². The first-order chi connectivity index (χ1) is 14.8. The maximum Gasteiger partial charge on any atom is 0.264 e. The minimum absolute atomic E-state index is 0.114. The minimum Gasteiger partial charge on any atom is -0.497 e. The number of sulfonamides is 1. The Kier molecular flexibility index (Phi) is 7.10. The number of methoxy groups -OCH3 is 2. The Hall–Kier alpha value is -2.74. The number of hydrogen-bond donors (Lipinski definition) is 0. The van der Waals surface area contributed by atoms with Crippen molar-refractivity contribution in [1.29, 1.82) is 0 Å². The fraction of sp³-hybridized carbons (Fsp3) is 0.435. The summed E-state index contributed by atoms with van der Waals surface area (Å²) in [5.41, 5.74) is 1.21. The number of carbonyl (C=O) groups excluding carboxylic acids is 1. The molecule has 1 aliphatic rings. The van der Waals surface area contributed by atoms with E-state index in [4.69, 9.17) is 9.47 Å². The molecule has 7 nitrogen and oxygen atoms in total. The van der Waals surface area contributed by atoms with Crippen molar-refractivity contribution in [3.8, 4) is 11.5 Å². The van der Waals surface area contributed by atoms with Crippen LogP contribution in [0.25, 0.3) is 0 Å². The molecule has 0 aromatic heterocycles. The van der Waals surface area contributed by atoms with E-state index < -0.39 is 10.0 Å². The number of nitrogens with zero attached hydrogens (tertiary/aromatic N) is 2. The lowest BCUT2D eigenvalue weighted by atomic mass is 10.0. The quantitative estimate of drug-likeness (QED) is 0.651. The lowest BCUT2D eigenvalue weighted by Gasteiger charge is -2.33. The van der Waals surface area contributed by atoms with Crippen molar-refractivity contribution < 1.29 is 22.7 Å². The molecule has 0 bridgehead atoms. The lowest BCUT2D eigenvalue weighted by molar-refractivity contribution is -0.131. The average molecular weight is 447 g/mol. The third kappa shape index (κ3) is 5.12. The monoisotopic (exact) mass is 446 g/mol. The van der Waals surface area contributed by atoms with E-state index >= 15 is 0 Å². The Morgan fingerprint density at radius 3 is 2.45 bits per heavy atom. The van der Waals surface area contributed by atoms with Crippen LogP contribution in [0.4, 0.5) is 5.69 Å². The fourth-order valence-electron chi connectivity index (χ4n) is 3.77. The molecule has 1 fully saturated rings. The van der Waals surface area contributed by atoms with Crippen molar-refractivity contribution >= 4 is 21.6 Å². The molecule has 1 heterocycles. The van der Waals surface area contributed by atoms with Gasteiger partial charge in [0, 0.05) is 19.2 Å². The van der Waals surface area contributed by atoms with E-state index in [9.17, 15) is 13.2 Å². The summed E-state index contributed by atoms with van der Waals surface area (Å²) in [6.07, 6.45) is 1.99. The summed E-state index contributed by atoms with van der Waals surface area (Å²) in [6, 6.07) is 11.5. The molecule has 1 aliphatic heterocycles. The van der Waals surface area contributed by atoms with Gasteiger partial charge in [-0.2, -0.15) is 0 Å². The van der Waals surface area contributed by atoms with E-state index in [1.807, 2.05) is 6.92 Å². The number of benzene rings is 2. The van der Waals surface area contributed by atoms with E-state index in [1.54, 1.807) is 47.4 Å². The van der Waals surface area contributed by atoms with Crippen LogP contribution in [0.1, 0.15) is 25.3 Å². The molecule has 0 radical (unpaired) electrons. The minimum atomic E-state index is -4.03. The van der Waals surface area contributed by atoms with E-state index in [1.165, 1.54) is 14.2 Å². The van der Waals surface area contributed by atoms with Gasteiger partial charge in [-0.05, 0) is 49.9 Å². The number of aryl methyl sites for hydroxylation is 1. The molecule has 2 aromatic rings. The Morgan fingerprint density at radius 2 is 1.84 bits per heavy atom. The van der Waals surface area contributed by atoms with Crippen molar-refractivity contribution in [2.24, 2.45) is 5.92 Å². The molecule has 1 saturated heterocycles. The Balaban J connectivity index is 2.06. The number of ether oxygens (including phenoxy) is 2. The number of likely N-dealkylation sites (tertiary alicyclic amines) is 1. The summed E-state index contributed by atoms with van der Waals surface area (Å²) in [6.45, 7) is 4.95. The maximum atomic E-state index is 13.7. The van der Waals surface area contributed by atoms with Crippen LogP contribution in [0.15, 0.2) is 47.4 Å². The summed E-state index contributed by atoms with van der Waals surface area (Å²) < 4.78 is 39.2.